The summed E-state index contributed by atoms with van der Waals surface area (Å²) in [7, 11) is 0. The lowest BCUT2D eigenvalue weighted by Gasteiger charge is -2.24. The molecule has 1 aliphatic carbocycles. The highest BCUT2D eigenvalue weighted by Crippen LogP contribution is 2.32. The molecule has 1 aliphatic heterocycles. The lowest BCUT2D eigenvalue weighted by Crippen LogP contribution is -2.31. The summed E-state index contributed by atoms with van der Waals surface area (Å²) in [6.07, 6.45) is 6.12. The maximum absolute atomic E-state index is 13.1. The molecule has 6 heteroatoms. The molecule has 2 amide bonds. The van der Waals surface area contributed by atoms with Gasteiger partial charge in [0, 0.05) is 35.5 Å². The normalized spacial score (nSPS) is 17.0. The fourth-order valence-corrected chi connectivity index (χ4v) is 4.90. The van der Waals surface area contributed by atoms with Crippen molar-refractivity contribution in [2.45, 2.75) is 51.6 Å². The number of hydrogen-bond donors (Lipinski definition) is 1. The highest BCUT2D eigenvalue weighted by Gasteiger charge is 2.28. The third-order valence-electron chi connectivity index (χ3n) is 6.58. The van der Waals surface area contributed by atoms with Crippen molar-refractivity contribution in [2.24, 2.45) is 0 Å². The van der Waals surface area contributed by atoms with Gasteiger partial charge in [0.1, 0.15) is 0 Å². The summed E-state index contributed by atoms with van der Waals surface area (Å²) in [6, 6.07) is 16.0. The van der Waals surface area contributed by atoms with Gasteiger partial charge in [0.2, 0.25) is 5.91 Å². The lowest BCUT2D eigenvalue weighted by atomic mass is 9.92. The van der Waals surface area contributed by atoms with Crippen molar-refractivity contribution in [1.82, 2.24) is 15.1 Å². The monoisotopic (exact) mass is 428 g/mol. The van der Waals surface area contributed by atoms with Crippen LogP contribution in [0.25, 0.3) is 0 Å². The number of fused-ring (bicyclic) bond motifs is 2. The van der Waals surface area contributed by atoms with Gasteiger partial charge in [-0.15, -0.1) is 0 Å². The van der Waals surface area contributed by atoms with E-state index in [1.807, 2.05) is 54.4 Å². The number of benzene rings is 2. The second-order valence-electron chi connectivity index (χ2n) is 8.60. The molecule has 5 rings (SSSR count). The average molecular weight is 429 g/mol. The summed E-state index contributed by atoms with van der Waals surface area (Å²) in [4.78, 5) is 27.0. The van der Waals surface area contributed by atoms with Gasteiger partial charge in [0.15, 0.2) is 0 Å². The standard InChI is InChI=1S/C26H28N4O2/c1-2-25(31)29-14-13-19-15-20(11-12-23(19)29)26(32)28-22-9-6-10-24-21(22)16-27-30(24)17-18-7-4-3-5-8-18/h3-5,7-8,11-12,15-16,22H,2,6,9-10,13-14,17H2,1H3,(H,28,32). The summed E-state index contributed by atoms with van der Waals surface area (Å²) in [5, 5.41) is 7.86. The fraction of sp³-hybridized carbons (Fsp3) is 0.346. The van der Waals surface area contributed by atoms with E-state index in [0.717, 1.165) is 49.0 Å². The Hall–Kier alpha value is -3.41. The maximum atomic E-state index is 13.1. The van der Waals surface area contributed by atoms with Crippen molar-refractivity contribution in [1.29, 1.82) is 0 Å². The number of hydrogen-bond acceptors (Lipinski definition) is 3. The van der Waals surface area contributed by atoms with Crippen molar-refractivity contribution in [2.75, 3.05) is 11.4 Å². The first-order valence-corrected chi connectivity index (χ1v) is 11.5. The number of amides is 2. The summed E-state index contributed by atoms with van der Waals surface area (Å²) >= 11 is 0. The Morgan fingerprint density at radius 1 is 1.12 bits per heavy atom. The van der Waals surface area contributed by atoms with E-state index in [4.69, 9.17) is 0 Å². The van der Waals surface area contributed by atoms with Gasteiger partial charge in [-0.1, -0.05) is 37.3 Å². The predicted molar refractivity (Wildman–Crippen MR) is 124 cm³/mol. The van der Waals surface area contributed by atoms with E-state index in [9.17, 15) is 9.59 Å². The Kier molecular flexibility index (Phi) is 5.52. The molecule has 164 valence electrons. The van der Waals surface area contributed by atoms with Crippen molar-refractivity contribution < 1.29 is 9.59 Å². The zero-order valence-electron chi connectivity index (χ0n) is 18.4. The summed E-state index contributed by atoms with van der Waals surface area (Å²) in [5.41, 5.74) is 6.22. The van der Waals surface area contributed by atoms with Gasteiger partial charge in [0.25, 0.3) is 5.91 Å². The Morgan fingerprint density at radius 2 is 1.97 bits per heavy atom. The van der Waals surface area contributed by atoms with Crippen LogP contribution >= 0.6 is 0 Å². The highest BCUT2D eigenvalue weighted by molar-refractivity contribution is 5.98. The fourth-order valence-electron chi connectivity index (χ4n) is 4.90. The van der Waals surface area contributed by atoms with Gasteiger partial charge in [0.05, 0.1) is 18.8 Å². The average Bonchev–Trinajstić information content (AvgIpc) is 3.44. The third-order valence-corrected chi connectivity index (χ3v) is 6.58. The molecule has 1 unspecified atom stereocenters. The van der Waals surface area contributed by atoms with Crippen LogP contribution in [0.1, 0.15) is 65.0 Å². The second kappa shape index (κ2) is 8.61. The summed E-state index contributed by atoms with van der Waals surface area (Å²) in [5.74, 6) is 0.0601. The van der Waals surface area contributed by atoms with Crippen molar-refractivity contribution in [3.05, 3.63) is 82.7 Å². The van der Waals surface area contributed by atoms with Crippen LogP contribution in [0.2, 0.25) is 0 Å². The van der Waals surface area contributed by atoms with Crippen LogP contribution in [0.3, 0.4) is 0 Å². The Bertz CT molecular complexity index is 1150. The zero-order valence-corrected chi connectivity index (χ0v) is 18.4. The molecular weight excluding hydrogens is 400 g/mol. The van der Waals surface area contributed by atoms with E-state index >= 15 is 0 Å². The summed E-state index contributed by atoms with van der Waals surface area (Å²) in [6.45, 7) is 3.32. The van der Waals surface area contributed by atoms with E-state index in [0.29, 0.717) is 18.5 Å². The van der Waals surface area contributed by atoms with Crippen LogP contribution in [-0.4, -0.2) is 28.1 Å². The summed E-state index contributed by atoms with van der Waals surface area (Å²) < 4.78 is 2.07. The van der Waals surface area contributed by atoms with E-state index in [2.05, 4.69) is 27.2 Å². The minimum absolute atomic E-state index is 0.0257. The first-order chi connectivity index (χ1) is 15.6. The highest BCUT2D eigenvalue weighted by atomic mass is 16.2. The Balaban J connectivity index is 1.32. The van der Waals surface area contributed by atoms with E-state index in [1.54, 1.807) is 0 Å². The van der Waals surface area contributed by atoms with Crippen molar-refractivity contribution >= 4 is 17.5 Å². The van der Waals surface area contributed by atoms with E-state index in [-0.39, 0.29) is 17.9 Å². The molecule has 1 atom stereocenters. The molecule has 0 spiro atoms. The van der Waals surface area contributed by atoms with Crippen LogP contribution in [0, 0.1) is 0 Å². The van der Waals surface area contributed by atoms with E-state index in [1.165, 1.54) is 11.3 Å². The predicted octanol–water partition coefficient (Wildman–Crippen LogP) is 4.04. The molecule has 3 aromatic rings. The maximum Gasteiger partial charge on any atom is 0.251 e. The Morgan fingerprint density at radius 3 is 2.78 bits per heavy atom. The number of carbonyl (C=O) groups is 2. The molecule has 1 aromatic heterocycles. The van der Waals surface area contributed by atoms with Crippen LogP contribution in [-0.2, 0) is 24.2 Å². The number of carbonyl (C=O) groups excluding carboxylic acids is 2. The van der Waals surface area contributed by atoms with Gasteiger partial charge in [-0.25, -0.2) is 0 Å². The Labute approximate surface area is 188 Å². The topological polar surface area (TPSA) is 67.2 Å². The van der Waals surface area contributed by atoms with Crippen LogP contribution < -0.4 is 10.2 Å². The molecule has 6 nitrogen and oxygen atoms in total. The van der Waals surface area contributed by atoms with E-state index < -0.39 is 0 Å². The number of rotatable bonds is 5. The molecule has 2 aliphatic rings. The lowest BCUT2D eigenvalue weighted by molar-refractivity contribution is -0.118. The molecule has 1 N–H and O–H groups in total. The zero-order chi connectivity index (χ0) is 22.1. The molecule has 2 aromatic carbocycles. The first-order valence-electron chi connectivity index (χ1n) is 11.5. The van der Waals surface area contributed by atoms with Gasteiger partial charge in [-0.2, -0.15) is 5.10 Å². The van der Waals surface area contributed by atoms with Crippen molar-refractivity contribution in [3.63, 3.8) is 0 Å². The minimum Gasteiger partial charge on any atom is -0.345 e. The smallest absolute Gasteiger partial charge is 0.251 e. The molecule has 0 fully saturated rings. The number of nitrogens with one attached hydrogen (secondary N) is 1. The van der Waals surface area contributed by atoms with Gasteiger partial charge in [-0.05, 0) is 55.0 Å². The molecule has 0 radical (unpaired) electrons. The quantitative estimate of drug-likeness (QED) is 0.667. The molecule has 32 heavy (non-hydrogen) atoms. The van der Waals surface area contributed by atoms with Gasteiger partial charge in [-0.3, -0.25) is 14.3 Å². The van der Waals surface area contributed by atoms with Crippen molar-refractivity contribution in [3.8, 4) is 0 Å². The molecule has 2 heterocycles. The van der Waals surface area contributed by atoms with Gasteiger partial charge >= 0.3 is 0 Å². The molecule has 0 saturated carbocycles. The van der Waals surface area contributed by atoms with Gasteiger partial charge < -0.3 is 10.2 Å². The molecular formula is C26H28N4O2. The number of anilines is 1. The third kappa shape index (κ3) is 3.81. The number of nitrogens with zero attached hydrogens (tertiary/aromatic N) is 3. The second-order valence-corrected chi connectivity index (χ2v) is 8.60. The molecule has 0 saturated heterocycles. The minimum atomic E-state index is -0.0678. The molecule has 0 bridgehead atoms. The van der Waals surface area contributed by atoms with Crippen LogP contribution in [0.5, 0.6) is 0 Å². The number of aromatic nitrogens is 2. The SMILES string of the molecule is CCC(=O)N1CCc2cc(C(=O)NC3CCCc4c3cnn4Cc3ccccc3)ccc21. The van der Waals surface area contributed by atoms with Crippen LogP contribution in [0.4, 0.5) is 5.69 Å². The largest absolute Gasteiger partial charge is 0.345 e. The first kappa shape index (κ1) is 20.5. The van der Waals surface area contributed by atoms with Crippen LogP contribution in [0.15, 0.2) is 54.7 Å².